The summed E-state index contributed by atoms with van der Waals surface area (Å²) < 4.78 is 48.3. The number of rotatable bonds is 1. The largest absolute Gasteiger partial charge is 0.506 e. The molecule has 2 aliphatic rings. The maximum atomic E-state index is 12.5. The Kier molecular flexibility index (Phi) is 12.7. The molecule has 0 radical (unpaired) electrons. The summed E-state index contributed by atoms with van der Waals surface area (Å²) in [5, 5.41) is 11.6. The number of alkyl halides is 4. The van der Waals surface area contributed by atoms with Gasteiger partial charge in [-0.1, -0.05) is 52.3 Å². The van der Waals surface area contributed by atoms with Crippen LogP contribution in [0.15, 0.2) is 72.8 Å². The van der Waals surface area contributed by atoms with Crippen molar-refractivity contribution in [2.24, 2.45) is 0 Å². The number of para-hydroxylation sites is 6. The minimum Gasteiger partial charge on any atom is -0.506 e. The predicted molar refractivity (Wildman–Crippen MR) is 179 cm³/mol. The fourth-order valence-electron chi connectivity index (χ4n) is 3.64. The number of hydrogen-bond acceptors (Lipinski definition) is 7. The van der Waals surface area contributed by atoms with Gasteiger partial charge in [-0.15, -0.1) is 0 Å². The third-order valence-corrected chi connectivity index (χ3v) is 7.90. The van der Waals surface area contributed by atoms with E-state index < -0.39 is 27.6 Å². The molecule has 3 aromatic rings. The number of aromatic hydroxyl groups is 1. The van der Waals surface area contributed by atoms with Crippen molar-refractivity contribution in [3.63, 3.8) is 0 Å². The van der Waals surface area contributed by atoms with Crippen molar-refractivity contribution in [1.82, 2.24) is 0 Å². The minimum atomic E-state index is -4.89. The Hall–Kier alpha value is -3.78. The van der Waals surface area contributed by atoms with Gasteiger partial charge < -0.3 is 25.6 Å². The van der Waals surface area contributed by atoms with E-state index in [4.69, 9.17) is 20.3 Å². The third-order valence-electron chi connectivity index (χ3n) is 6.02. The van der Waals surface area contributed by atoms with Crippen LogP contribution in [0, 0.1) is 0 Å². The van der Waals surface area contributed by atoms with Gasteiger partial charge in [0, 0.05) is 0 Å². The first-order valence-corrected chi connectivity index (χ1v) is 15.3. The standard InChI is InChI=1S/C12H12F3NO2.C10H11NO2.C6H7NO.C4H6Br2O/c1-11(2)7-16(10(17)12(13,14)15)8-5-3-4-6-9(8)18-11;1-10(2)9(12)11-7-5-3-4-6-8(7)13-10;7-5-3-1-2-4-6(5)8;1-4(2,6)3(5)7/h3-6H,7H2,1-2H3;3-6H,1-2H3,(H,11,12);1-4,8H,7H2;1-2H3. The molecule has 250 valence electrons. The summed E-state index contributed by atoms with van der Waals surface area (Å²) in [6.07, 6.45) is -4.89. The molecule has 2 amide bonds. The second-order valence-electron chi connectivity index (χ2n) is 11.6. The van der Waals surface area contributed by atoms with Gasteiger partial charge in [-0.25, -0.2) is 0 Å². The molecule has 2 heterocycles. The maximum absolute atomic E-state index is 12.5. The number of hydrogen-bond donors (Lipinski definition) is 3. The molecule has 4 N–H and O–H groups in total. The van der Waals surface area contributed by atoms with E-state index in [0.717, 1.165) is 16.3 Å². The third kappa shape index (κ3) is 11.2. The quantitative estimate of drug-likeness (QED) is 0.100. The molecular formula is C32H36Br2F3N3O6. The van der Waals surface area contributed by atoms with Crippen molar-refractivity contribution in [2.45, 2.75) is 63.2 Å². The molecule has 3 aromatic carbocycles. The molecule has 9 nitrogen and oxygen atoms in total. The number of carbonyl (C=O) groups excluding carboxylic acids is 3. The van der Waals surface area contributed by atoms with Gasteiger partial charge in [0.1, 0.15) is 22.8 Å². The SMILES string of the molecule is CC(C)(Br)C(=O)Br.CC1(C)CN(C(=O)C(F)(F)F)c2ccccc2O1.CC1(C)Oc2ccccc2NC1=O.Nc1ccccc1O. The molecule has 2 aliphatic heterocycles. The van der Waals surface area contributed by atoms with Crippen LogP contribution >= 0.6 is 31.9 Å². The summed E-state index contributed by atoms with van der Waals surface area (Å²) in [6, 6.07) is 20.3. The van der Waals surface area contributed by atoms with E-state index in [0.29, 0.717) is 5.69 Å². The van der Waals surface area contributed by atoms with Gasteiger partial charge in [0.25, 0.3) is 5.91 Å². The molecule has 0 saturated heterocycles. The second kappa shape index (κ2) is 15.2. The Morgan fingerprint density at radius 2 is 1.41 bits per heavy atom. The number of phenols is 1. The lowest BCUT2D eigenvalue weighted by Crippen LogP contribution is -2.52. The van der Waals surface area contributed by atoms with E-state index in [1.165, 1.54) is 6.07 Å². The normalized spacial score (nSPS) is 15.5. The van der Waals surface area contributed by atoms with E-state index in [1.54, 1.807) is 84.0 Å². The Morgan fingerprint density at radius 3 is 1.91 bits per heavy atom. The van der Waals surface area contributed by atoms with E-state index in [9.17, 15) is 27.6 Å². The van der Waals surface area contributed by atoms with E-state index >= 15 is 0 Å². The topological polar surface area (TPSA) is 131 Å². The van der Waals surface area contributed by atoms with Gasteiger partial charge in [0.15, 0.2) is 5.60 Å². The fraction of sp³-hybridized carbons (Fsp3) is 0.344. The summed E-state index contributed by atoms with van der Waals surface area (Å²) in [5.74, 6) is -0.816. The molecule has 0 atom stereocenters. The van der Waals surface area contributed by atoms with Crippen LogP contribution in [0.5, 0.6) is 17.2 Å². The van der Waals surface area contributed by atoms with Crippen LogP contribution in [0.3, 0.4) is 0 Å². The molecule has 0 saturated carbocycles. The van der Waals surface area contributed by atoms with Crippen LogP contribution < -0.4 is 25.4 Å². The Morgan fingerprint density at radius 1 is 0.913 bits per heavy atom. The number of anilines is 3. The highest BCUT2D eigenvalue weighted by Crippen LogP contribution is 2.38. The highest BCUT2D eigenvalue weighted by molar-refractivity contribution is 9.20. The first-order chi connectivity index (χ1) is 21.0. The first kappa shape index (κ1) is 38.4. The van der Waals surface area contributed by atoms with Gasteiger partial charge in [-0.05, 0) is 93.9 Å². The summed E-state index contributed by atoms with van der Waals surface area (Å²) in [7, 11) is 0. The summed E-state index contributed by atoms with van der Waals surface area (Å²) >= 11 is 5.96. The summed E-state index contributed by atoms with van der Waals surface area (Å²) in [4.78, 5) is 33.9. The van der Waals surface area contributed by atoms with Gasteiger partial charge in [0.2, 0.25) is 4.69 Å². The van der Waals surface area contributed by atoms with E-state index in [2.05, 4.69) is 37.2 Å². The van der Waals surface area contributed by atoms with E-state index in [-0.39, 0.29) is 34.3 Å². The number of phenolic OH excluding ortho intramolecular Hbond substituents is 1. The van der Waals surface area contributed by atoms with Crippen molar-refractivity contribution in [3.8, 4) is 17.2 Å². The zero-order chi connectivity index (χ0) is 35.1. The van der Waals surface area contributed by atoms with Crippen molar-refractivity contribution in [3.05, 3.63) is 72.8 Å². The van der Waals surface area contributed by atoms with Crippen LogP contribution in [0.2, 0.25) is 0 Å². The number of halogens is 5. The molecular weight excluding hydrogens is 739 g/mol. The number of fused-ring (bicyclic) bond motifs is 2. The van der Waals surface area contributed by atoms with Gasteiger partial charge in [0.05, 0.1) is 27.9 Å². The van der Waals surface area contributed by atoms with Crippen LogP contribution in [-0.2, 0) is 14.4 Å². The second-order valence-corrected chi connectivity index (χ2v) is 14.3. The van der Waals surface area contributed by atoms with Crippen molar-refractivity contribution in [2.75, 3.05) is 22.5 Å². The van der Waals surface area contributed by atoms with Gasteiger partial charge >= 0.3 is 12.1 Å². The lowest BCUT2D eigenvalue weighted by atomic mass is 10.0. The Bertz CT molecular complexity index is 1520. The van der Waals surface area contributed by atoms with Crippen LogP contribution in [0.1, 0.15) is 41.5 Å². The van der Waals surface area contributed by atoms with Crippen molar-refractivity contribution in [1.29, 1.82) is 0 Å². The average molecular weight is 775 g/mol. The number of nitrogen functional groups attached to an aromatic ring is 1. The lowest BCUT2D eigenvalue weighted by Gasteiger charge is -2.39. The molecule has 0 aromatic heterocycles. The van der Waals surface area contributed by atoms with Crippen LogP contribution in [0.4, 0.5) is 30.2 Å². The zero-order valence-corrected chi connectivity index (χ0v) is 29.2. The number of amides is 2. The number of carbonyl (C=O) groups is 3. The van der Waals surface area contributed by atoms with Crippen molar-refractivity contribution < 1.29 is 42.1 Å². The number of nitrogens with zero attached hydrogens (tertiary/aromatic N) is 1. The summed E-state index contributed by atoms with van der Waals surface area (Å²) in [6.45, 7) is 10.2. The molecule has 14 heteroatoms. The average Bonchev–Trinajstić information content (AvgIpc) is 2.94. The summed E-state index contributed by atoms with van der Waals surface area (Å²) in [5.41, 5.74) is 4.97. The number of nitrogens with two attached hydrogens (primary N) is 1. The predicted octanol–water partition coefficient (Wildman–Crippen LogP) is 7.60. The monoisotopic (exact) mass is 773 g/mol. The van der Waals surface area contributed by atoms with Crippen LogP contribution in [-0.4, -0.2) is 49.9 Å². The highest BCUT2D eigenvalue weighted by atomic mass is 79.9. The number of benzene rings is 3. The molecule has 46 heavy (non-hydrogen) atoms. The van der Waals surface area contributed by atoms with E-state index in [1.807, 2.05) is 24.3 Å². The van der Waals surface area contributed by atoms with Gasteiger partial charge in [-0.3, -0.25) is 19.3 Å². The lowest BCUT2D eigenvalue weighted by molar-refractivity contribution is -0.171. The molecule has 0 aliphatic carbocycles. The molecule has 0 fully saturated rings. The molecule has 0 unspecified atom stereocenters. The van der Waals surface area contributed by atoms with Crippen LogP contribution in [0.25, 0.3) is 0 Å². The number of ether oxygens (including phenoxy) is 2. The number of nitrogens with one attached hydrogen (secondary N) is 1. The smallest absolute Gasteiger partial charge is 0.471 e. The minimum absolute atomic E-state index is 0.0278. The molecule has 0 bridgehead atoms. The molecule has 5 rings (SSSR count). The first-order valence-electron chi connectivity index (χ1n) is 13.7. The van der Waals surface area contributed by atoms with Crippen molar-refractivity contribution >= 4 is 65.4 Å². The highest BCUT2D eigenvalue weighted by Gasteiger charge is 2.47. The molecule has 0 spiro atoms. The Labute approximate surface area is 282 Å². The van der Waals surface area contributed by atoms with Gasteiger partial charge in [-0.2, -0.15) is 13.2 Å². The fourth-order valence-corrected chi connectivity index (χ4v) is 3.64. The Balaban J connectivity index is 0.000000230. The zero-order valence-electron chi connectivity index (χ0n) is 26.0. The maximum Gasteiger partial charge on any atom is 0.471 e.